The zero-order valence-corrected chi connectivity index (χ0v) is 19.9. The number of aromatic nitrogens is 2. The number of halogens is 1. The van der Waals surface area contributed by atoms with Crippen molar-refractivity contribution in [3.63, 3.8) is 0 Å². The Hall–Kier alpha value is -3.76. The van der Waals surface area contributed by atoms with Crippen molar-refractivity contribution in [3.8, 4) is 17.0 Å². The van der Waals surface area contributed by atoms with E-state index in [-0.39, 0.29) is 23.8 Å². The maximum Gasteiger partial charge on any atom is 0.250 e. The number of nitrogens with one attached hydrogen (secondary N) is 2. The average Bonchev–Trinajstić information content (AvgIpc) is 3.32. The number of piperazine rings is 1. The summed E-state index contributed by atoms with van der Waals surface area (Å²) in [6.45, 7) is 2.79. The minimum atomic E-state index is -0.349. The number of thiazole rings is 1. The standard InChI is InChI=1S/C25H24FN5O3S/c1-34-18-5-2-16(3-6-18)21-15-35-25(28-21)29-24(33)14-30-8-10-31(11-9-30)22-13-23(32)27-20-7-4-17(26)12-19(20)22/h2-7,12-13,15H,8-11,14H2,1H3,(H,27,32)(H,28,29,33). The quantitative estimate of drug-likeness (QED) is 0.427. The largest absolute Gasteiger partial charge is 0.497 e. The van der Waals surface area contributed by atoms with Gasteiger partial charge in [-0.15, -0.1) is 11.3 Å². The molecule has 2 aromatic carbocycles. The zero-order chi connectivity index (χ0) is 24.4. The molecule has 5 rings (SSSR count). The van der Waals surface area contributed by atoms with Crippen LogP contribution in [0.15, 0.2) is 58.7 Å². The summed E-state index contributed by atoms with van der Waals surface area (Å²) in [5, 5.41) is 6.02. The number of carbonyl (C=O) groups is 1. The van der Waals surface area contributed by atoms with Crippen molar-refractivity contribution in [1.29, 1.82) is 0 Å². The first-order valence-electron chi connectivity index (χ1n) is 11.2. The smallest absolute Gasteiger partial charge is 0.250 e. The van der Waals surface area contributed by atoms with Crippen LogP contribution in [-0.4, -0.2) is 60.6 Å². The van der Waals surface area contributed by atoms with Gasteiger partial charge in [0.15, 0.2) is 5.13 Å². The molecule has 35 heavy (non-hydrogen) atoms. The number of carbonyl (C=O) groups excluding carboxylic acids is 1. The first-order chi connectivity index (χ1) is 17.0. The van der Waals surface area contributed by atoms with Crippen LogP contribution in [0.5, 0.6) is 5.75 Å². The second-order valence-electron chi connectivity index (χ2n) is 8.29. The van der Waals surface area contributed by atoms with Crippen molar-refractivity contribution < 1.29 is 13.9 Å². The Kier molecular flexibility index (Phi) is 6.47. The van der Waals surface area contributed by atoms with Gasteiger partial charge in [-0.25, -0.2) is 9.37 Å². The van der Waals surface area contributed by atoms with Crippen molar-refractivity contribution in [2.45, 2.75) is 0 Å². The van der Waals surface area contributed by atoms with Crippen LogP contribution in [0, 0.1) is 5.82 Å². The molecule has 1 aliphatic rings. The van der Waals surface area contributed by atoms with E-state index in [4.69, 9.17) is 4.74 Å². The number of fused-ring (bicyclic) bond motifs is 1. The molecule has 1 amide bonds. The lowest BCUT2D eigenvalue weighted by Crippen LogP contribution is -2.49. The van der Waals surface area contributed by atoms with E-state index in [1.165, 1.54) is 29.5 Å². The first kappa shape index (κ1) is 23.0. The van der Waals surface area contributed by atoms with Gasteiger partial charge >= 0.3 is 0 Å². The van der Waals surface area contributed by atoms with Gasteiger partial charge in [-0.05, 0) is 42.5 Å². The Labute approximate surface area is 205 Å². The minimum Gasteiger partial charge on any atom is -0.497 e. The second kappa shape index (κ2) is 9.85. The highest BCUT2D eigenvalue weighted by Crippen LogP contribution is 2.27. The number of benzene rings is 2. The van der Waals surface area contributed by atoms with Crippen molar-refractivity contribution >= 4 is 39.0 Å². The van der Waals surface area contributed by atoms with Crippen LogP contribution < -0.4 is 20.5 Å². The molecule has 2 aromatic heterocycles. The molecule has 0 radical (unpaired) electrons. The third kappa shape index (κ3) is 5.18. The van der Waals surface area contributed by atoms with E-state index in [0.29, 0.717) is 47.9 Å². The van der Waals surface area contributed by atoms with Gasteiger partial charge in [0.05, 0.1) is 30.6 Å². The number of aromatic amines is 1. The van der Waals surface area contributed by atoms with Crippen LogP contribution in [-0.2, 0) is 4.79 Å². The fourth-order valence-corrected chi connectivity index (χ4v) is 4.94. The first-order valence-corrected chi connectivity index (χ1v) is 12.1. The number of H-pyrrole nitrogens is 1. The molecule has 2 N–H and O–H groups in total. The molecular weight excluding hydrogens is 469 g/mol. The lowest BCUT2D eigenvalue weighted by atomic mass is 10.1. The lowest BCUT2D eigenvalue weighted by molar-refractivity contribution is -0.117. The number of anilines is 2. The number of rotatable bonds is 6. The fourth-order valence-electron chi connectivity index (χ4n) is 4.20. The van der Waals surface area contributed by atoms with Crippen molar-refractivity contribution in [2.75, 3.05) is 50.1 Å². The van der Waals surface area contributed by atoms with E-state index in [0.717, 1.165) is 17.0 Å². The van der Waals surface area contributed by atoms with Gasteiger partial charge in [0.2, 0.25) is 11.5 Å². The van der Waals surface area contributed by atoms with Gasteiger partial charge < -0.3 is 19.9 Å². The third-order valence-electron chi connectivity index (χ3n) is 6.00. The summed E-state index contributed by atoms with van der Waals surface area (Å²) in [5.41, 5.74) is 2.83. The lowest BCUT2D eigenvalue weighted by Gasteiger charge is -2.36. The Morgan fingerprint density at radius 1 is 1.14 bits per heavy atom. The summed E-state index contributed by atoms with van der Waals surface area (Å²) in [5.74, 6) is 0.299. The van der Waals surface area contributed by atoms with Gasteiger partial charge in [0, 0.05) is 48.6 Å². The number of pyridine rings is 1. The second-order valence-corrected chi connectivity index (χ2v) is 9.14. The fraction of sp³-hybridized carbons (Fsp3) is 0.240. The summed E-state index contributed by atoms with van der Waals surface area (Å²) in [7, 11) is 1.62. The molecule has 0 saturated carbocycles. The average molecular weight is 494 g/mol. The summed E-state index contributed by atoms with van der Waals surface area (Å²) in [6.07, 6.45) is 0. The van der Waals surface area contributed by atoms with Crippen LogP contribution in [0.4, 0.5) is 15.2 Å². The molecular formula is C25H24FN5O3S. The van der Waals surface area contributed by atoms with Crippen LogP contribution >= 0.6 is 11.3 Å². The summed E-state index contributed by atoms with van der Waals surface area (Å²) >= 11 is 1.38. The number of hydrogen-bond acceptors (Lipinski definition) is 7. The highest BCUT2D eigenvalue weighted by atomic mass is 32.1. The van der Waals surface area contributed by atoms with Gasteiger partial charge in [-0.1, -0.05) is 0 Å². The van der Waals surface area contributed by atoms with Gasteiger partial charge in [-0.2, -0.15) is 0 Å². The molecule has 0 aliphatic carbocycles. The normalized spacial score (nSPS) is 14.3. The molecule has 180 valence electrons. The van der Waals surface area contributed by atoms with Crippen molar-refractivity contribution in [1.82, 2.24) is 14.9 Å². The van der Waals surface area contributed by atoms with Crippen LogP contribution in [0.3, 0.4) is 0 Å². The molecule has 10 heteroatoms. The molecule has 8 nitrogen and oxygen atoms in total. The van der Waals surface area contributed by atoms with Gasteiger partial charge in [0.1, 0.15) is 11.6 Å². The molecule has 0 atom stereocenters. The minimum absolute atomic E-state index is 0.127. The molecule has 3 heterocycles. The summed E-state index contributed by atoms with van der Waals surface area (Å²) < 4.78 is 19.0. The molecule has 4 aromatic rings. The molecule has 0 unspecified atom stereocenters. The Bertz CT molecular complexity index is 1410. The van der Waals surface area contributed by atoms with Gasteiger partial charge in [-0.3, -0.25) is 14.5 Å². The van der Waals surface area contributed by atoms with E-state index in [9.17, 15) is 14.0 Å². The Balaban J connectivity index is 1.18. The maximum atomic E-state index is 13.8. The highest BCUT2D eigenvalue weighted by Gasteiger charge is 2.21. The number of ether oxygens (including phenoxy) is 1. The van der Waals surface area contributed by atoms with Crippen molar-refractivity contribution in [2.24, 2.45) is 0 Å². The maximum absolute atomic E-state index is 13.8. The number of amides is 1. The summed E-state index contributed by atoms with van der Waals surface area (Å²) in [6, 6.07) is 13.5. The van der Waals surface area contributed by atoms with Crippen LogP contribution in [0.2, 0.25) is 0 Å². The van der Waals surface area contributed by atoms with E-state index in [2.05, 4.69) is 25.1 Å². The number of nitrogens with zero attached hydrogens (tertiary/aromatic N) is 3. The Morgan fingerprint density at radius 2 is 1.91 bits per heavy atom. The molecule has 1 fully saturated rings. The third-order valence-corrected chi connectivity index (χ3v) is 6.76. The van der Waals surface area contributed by atoms with E-state index in [1.807, 2.05) is 29.6 Å². The highest BCUT2D eigenvalue weighted by molar-refractivity contribution is 7.14. The van der Waals surface area contributed by atoms with E-state index < -0.39 is 0 Å². The van der Waals surface area contributed by atoms with E-state index in [1.54, 1.807) is 13.2 Å². The summed E-state index contributed by atoms with van der Waals surface area (Å²) in [4.78, 5) is 36.1. The zero-order valence-electron chi connectivity index (χ0n) is 19.1. The van der Waals surface area contributed by atoms with E-state index >= 15 is 0 Å². The molecule has 1 aliphatic heterocycles. The molecule has 0 spiro atoms. The Morgan fingerprint density at radius 3 is 2.66 bits per heavy atom. The molecule has 0 bridgehead atoms. The van der Waals surface area contributed by atoms with Crippen LogP contribution in [0.25, 0.3) is 22.2 Å². The predicted molar refractivity (Wildman–Crippen MR) is 136 cm³/mol. The monoisotopic (exact) mass is 493 g/mol. The number of methoxy groups -OCH3 is 1. The number of hydrogen-bond donors (Lipinski definition) is 2. The predicted octanol–water partition coefficient (Wildman–Crippen LogP) is 3.56. The topological polar surface area (TPSA) is 90.6 Å². The van der Waals surface area contributed by atoms with Crippen LogP contribution in [0.1, 0.15) is 0 Å². The SMILES string of the molecule is COc1ccc(-c2csc(NC(=O)CN3CCN(c4cc(=O)[nH]c5ccc(F)cc45)CC3)n2)cc1. The molecule has 1 saturated heterocycles. The van der Waals surface area contributed by atoms with Crippen molar-refractivity contribution in [3.05, 3.63) is 70.1 Å². The van der Waals surface area contributed by atoms with Gasteiger partial charge in [0.25, 0.3) is 0 Å².